The highest BCUT2D eigenvalue weighted by Gasteiger charge is 2.11. The molecule has 0 aromatic heterocycles. The Labute approximate surface area is 110 Å². The molecule has 102 valence electrons. The Morgan fingerprint density at radius 1 is 1.06 bits per heavy atom. The molecular weight excluding hydrogens is 226 g/mol. The lowest BCUT2D eigenvalue weighted by Gasteiger charge is -2.20. The molecule has 0 aliphatic heterocycles. The molecule has 1 rings (SSSR count). The number of hydrogen-bond donors (Lipinski definition) is 1. The molecule has 0 bridgehead atoms. The predicted octanol–water partition coefficient (Wildman–Crippen LogP) is 3.86. The molecule has 0 aliphatic rings. The largest absolute Gasteiger partial charge is 0.493 e. The summed E-state index contributed by atoms with van der Waals surface area (Å²) < 4.78 is 10.6. The summed E-state index contributed by atoms with van der Waals surface area (Å²) in [6, 6.07) is 4.45. The van der Waals surface area contributed by atoms with Gasteiger partial charge in [-0.05, 0) is 37.8 Å². The Kier molecular flexibility index (Phi) is 5.32. The number of methoxy groups -OCH3 is 2. The minimum Gasteiger partial charge on any atom is -0.493 e. The summed E-state index contributed by atoms with van der Waals surface area (Å²) >= 11 is 0. The minimum absolute atomic E-state index is 0.446. The normalized spacial score (nSPS) is 12.4. The van der Waals surface area contributed by atoms with E-state index in [2.05, 4.69) is 33.0 Å². The van der Waals surface area contributed by atoms with Crippen molar-refractivity contribution in [3.63, 3.8) is 0 Å². The fourth-order valence-corrected chi connectivity index (χ4v) is 2.17. The van der Waals surface area contributed by atoms with Gasteiger partial charge < -0.3 is 14.8 Å². The number of benzene rings is 1. The highest BCUT2D eigenvalue weighted by atomic mass is 16.5. The summed E-state index contributed by atoms with van der Waals surface area (Å²) in [7, 11) is 3.32. The SMILES string of the molecule is COc1cc(C)c(NC(C)CC(C)C)cc1OC. The molecule has 1 unspecified atom stereocenters. The molecule has 1 N–H and O–H groups in total. The number of aryl methyl sites for hydroxylation is 1. The molecule has 3 heteroatoms. The maximum absolute atomic E-state index is 5.33. The Hall–Kier alpha value is -1.38. The van der Waals surface area contributed by atoms with E-state index in [9.17, 15) is 0 Å². The van der Waals surface area contributed by atoms with Crippen molar-refractivity contribution in [3.05, 3.63) is 17.7 Å². The Morgan fingerprint density at radius 3 is 2.11 bits per heavy atom. The van der Waals surface area contributed by atoms with E-state index in [1.54, 1.807) is 14.2 Å². The van der Waals surface area contributed by atoms with Crippen LogP contribution in [0.1, 0.15) is 32.8 Å². The lowest BCUT2D eigenvalue weighted by atomic mass is 10.0. The van der Waals surface area contributed by atoms with Crippen molar-refractivity contribution in [2.45, 2.75) is 40.2 Å². The second-order valence-corrected chi connectivity index (χ2v) is 5.20. The zero-order valence-electron chi connectivity index (χ0n) is 12.3. The monoisotopic (exact) mass is 251 g/mol. The van der Waals surface area contributed by atoms with Gasteiger partial charge in [-0.2, -0.15) is 0 Å². The van der Waals surface area contributed by atoms with Crippen LogP contribution in [0.3, 0.4) is 0 Å². The van der Waals surface area contributed by atoms with Crippen molar-refractivity contribution in [2.24, 2.45) is 5.92 Å². The van der Waals surface area contributed by atoms with Gasteiger partial charge in [0.1, 0.15) is 0 Å². The fraction of sp³-hybridized carbons (Fsp3) is 0.600. The number of nitrogens with one attached hydrogen (secondary N) is 1. The lowest BCUT2D eigenvalue weighted by Crippen LogP contribution is -2.18. The van der Waals surface area contributed by atoms with Gasteiger partial charge in [-0.1, -0.05) is 13.8 Å². The van der Waals surface area contributed by atoms with Gasteiger partial charge in [0.05, 0.1) is 14.2 Å². The van der Waals surface area contributed by atoms with E-state index >= 15 is 0 Å². The Morgan fingerprint density at radius 2 is 1.61 bits per heavy atom. The van der Waals surface area contributed by atoms with E-state index in [4.69, 9.17) is 9.47 Å². The van der Waals surface area contributed by atoms with Crippen LogP contribution in [-0.2, 0) is 0 Å². The van der Waals surface area contributed by atoms with Gasteiger partial charge in [0.2, 0.25) is 0 Å². The molecule has 0 radical (unpaired) electrons. The van der Waals surface area contributed by atoms with Crippen molar-refractivity contribution in [2.75, 3.05) is 19.5 Å². The van der Waals surface area contributed by atoms with Gasteiger partial charge in [-0.25, -0.2) is 0 Å². The molecule has 0 spiro atoms. The quantitative estimate of drug-likeness (QED) is 0.832. The number of ether oxygens (including phenoxy) is 2. The number of anilines is 1. The molecule has 1 atom stereocenters. The maximum atomic E-state index is 5.33. The summed E-state index contributed by atoms with van der Waals surface area (Å²) in [6.45, 7) is 8.75. The molecule has 18 heavy (non-hydrogen) atoms. The van der Waals surface area contributed by atoms with Gasteiger partial charge in [0.15, 0.2) is 11.5 Å². The van der Waals surface area contributed by atoms with Crippen LogP contribution in [0.2, 0.25) is 0 Å². The first-order valence-electron chi connectivity index (χ1n) is 6.47. The Balaban J connectivity index is 2.89. The summed E-state index contributed by atoms with van der Waals surface area (Å²) in [5.74, 6) is 2.23. The van der Waals surface area contributed by atoms with Gasteiger partial charge in [0.25, 0.3) is 0 Å². The number of hydrogen-bond acceptors (Lipinski definition) is 3. The first-order valence-corrected chi connectivity index (χ1v) is 6.47. The lowest BCUT2D eigenvalue weighted by molar-refractivity contribution is 0.355. The molecule has 1 aromatic rings. The fourth-order valence-electron chi connectivity index (χ4n) is 2.17. The zero-order chi connectivity index (χ0) is 13.7. The third-order valence-electron chi connectivity index (χ3n) is 2.96. The van der Waals surface area contributed by atoms with Gasteiger partial charge in [-0.3, -0.25) is 0 Å². The standard InChI is InChI=1S/C15H25NO2/c1-10(2)7-12(4)16-13-9-15(18-6)14(17-5)8-11(13)3/h8-10,12,16H,7H2,1-6H3. The van der Waals surface area contributed by atoms with Crippen molar-refractivity contribution in [3.8, 4) is 11.5 Å². The molecule has 3 nitrogen and oxygen atoms in total. The topological polar surface area (TPSA) is 30.5 Å². The summed E-state index contributed by atoms with van der Waals surface area (Å²) in [5.41, 5.74) is 2.28. The van der Waals surface area contributed by atoms with Crippen LogP contribution >= 0.6 is 0 Å². The van der Waals surface area contributed by atoms with Crippen LogP contribution in [0.5, 0.6) is 11.5 Å². The van der Waals surface area contributed by atoms with E-state index in [1.807, 2.05) is 12.1 Å². The van der Waals surface area contributed by atoms with Crippen LogP contribution in [0, 0.1) is 12.8 Å². The van der Waals surface area contributed by atoms with E-state index in [0.717, 1.165) is 23.6 Å². The first kappa shape index (κ1) is 14.7. The van der Waals surface area contributed by atoms with E-state index in [-0.39, 0.29) is 0 Å². The van der Waals surface area contributed by atoms with E-state index in [0.29, 0.717) is 12.0 Å². The number of rotatable bonds is 6. The Bertz CT molecular complexity index is 388. The van der Waals surface area contributed by atoms with E-state index < -0.39 is 0 Å². The molecule has 0 heterocycles. The highest BCUT2D eigenvalue weighted by Crippen LogP contribution is 2.33. The summed E-state index contributed by atoms with van der Waals surface area (Å²) in [5, 5.41) is 3.53. The molecule has 0 amide bonds. The van der Waals surface area contributed by atoms with Crippen LogP contribution in [-0.4, -0.2) is 20.3 Å². The average Bonchev–Trinajstić information content (AvgIpc) is 2.30. The van der Waals surface area contributed by atoms with E-state index in [1.165, 1.54) is 5.56 Å². The van der Waals surface area contributed by atoms with Crippen LogP contribution in [0.15, 0.2) is 12.1 Å². The molecule has 1 aromatic carbocycles. The summed E-state index contributed by atoms with van der Waals surface area (Å²) in [4.78, 5) is 0. The third kappa shape index (κ3) is 3.83. The molecule has 0 saturated heterocycles. The maximum Gasteiger partial charge on any atom is 0.162 e. The van der Waals surface area contributed by atoms with Crippen molar-refractivity contribution >= 4 is 5.69 Å². The molecular formula is C15H25NO2. The van der Waals surface area contributed by atoms with Crippen molar-refractivity contribution in [1.82, 2.24) is 0 Å². The van der Waals surface area contributed by atoms with Crippen molar-refractivity contribution < 1.29 is 9.47 Å². The highest BCUT2D eigenvalue weighted by molar-refractivity contribution is 5.60. The predicted molar refractivity (Wildman–Crippen MR) is 76.8 cm³/mol. The molecule has 0 fully saturated rings. The molecule has 0 saturated carbocycles. The first-order chi connectivity index (χ1) is 8.47. The second kappa shape index (κ2) is 6.53. The average molecular weight is 251 g/mol. The van der Waals surface area contributed by atoms with Crippen molar-refractivity contribution in [1.29, 1.82) is 0 Å². The van der Waals surface area contributed by atoms with Gasteiger partial charge in [0, 0.05) is 17.8 Å². The van der Waals surface area contributed by atoms with Gasteiger partial charge >= 0.3 is 0 Å². The zero-order valence-corrected chi connectivity index (χ0v) is 12.3. The molecule has 0 aliphatic carbocycles. The second-order valence-electron chi connectivity index (χ2n) is 5.20. The third-order valence-corrected chi connectivity index (χ3v) is 2.96. The van der Waals surface area contributed by atoms with Crippen LogP contribution in [0.25, 0.3) is 0 Å². The minimum atomic E-state index is 0.446. The van der Waals surface area contributed by atoms with Crippen LogP contribution < -0.4 is 14.8 Å². The summed E-state index contributed by atoms with van der Waals surface area (Å²) in [6.07, 6.45) is 1.15. The van der Waals surface area contributed by atoms with Crippen LogP contribution in [0.4, 0.5) is 5.69 Å². The van der Waals surface area contributed by atoms with Gasteiger partial charge in [-0.15, -0.1) is 0 Å². The smallest absolute Gasteiger partial charge is 0.162 e.